The predicted molar refractivity (Wildman–Crippen MR) is 58.7 cm³/mol. The first-order chi connectivity index (χ1) is 6.67. The summed E-state index contributed by atoms with van der Waals surface area (Å²) in [4.78, 5) is 12.9. The van der Waals surface area contributed by atoms with Gasteiger partial charge in [-0.2, -0.15) is 11.8 Å². The maximum absolute atomic E-state index is 11.4. The van der Waals surface area contributed by atoms with Gasteiger partial charge in [0.2, 0.25) is 0 Å². The van der Waals surface area contributed by atoms with Gasteiger partial charge < -0.3 is 14.7 Å². The molecule has 0 aromatic rings. The topological polar surface area (TPSA) is 49.8 Å². The fraction of sp³-hybridized carbons (Fsp3) is 0.889. The largest absolute Gasteiger partial charge is 0.447 e. The summed E-state index contributed by atoms with van der Waals surface area (Å²) in [5, 5.41) is 8.50. The van der Waals surface area contributed by atoms with Crippen molar-refractivity contribution in [3.63, 3.8) is 0 Å². The summed E-state index contributed by atoms with van der Waals surface area (Å²) in [6.45, 7) is 1.98. The Bertz CT molecular complexity index is 166. The summed E-state index contributed by atoms with van der Waals surface area (Å²) in [6.07, 6.45) is 2.56. The number of hydrogen-bond acceptors (Lipinski definition) is 4. The molecule has 4 nitrogen and oxygen atoms in total. The van der Waals surface area contributed by atoms with Gasteiger partial charge in [-0.05, 0) is 12.7 Å². The number of rotatable bonds is 6. The Kier molecular flexibility index (Phi) is 7.70. The summed E-state index contributed by atoms with van der Waals surface area (Å²) in [7, 11) is 1.73. The summed E-state index contributed by atoms with van der Waals surface area (Å²) in [5.41, 5.74) is 0. The second kappa shape index (κ2) is 7.94. The van der Waals surface area contributed by atoms with E-state index in [9.17, 15) is 4.79 Å². The van der Waals surface area contributed by atoms with Crippen molar-refractivity contribution in [1.29, 1.82) is 0 Å². The van der Waals surface area contributed by atoms with E-state index in [0.29, 0.717) is 0 Å². The molecule has 0 saturated heterocycles. The van der Waals surface area contributed by atoms with E-state index in [-0.39, 0.29) is 25.3 Å². The molecular weight excluding hydrogens is 202 g/mol. The van der Waals surface area contributed by atoms with Crippen molar-refractivity contribution in [1.82, 2.24) is 4.90 Å². The first kappa shape index (κ1) is 13.6. The Balaban J connectivity index is 3.98. The lowest BCUT2D eigenvalue weighted by Crippen LogP contribution is -2.39. The van der Waals surface area contributed by atoms with Gasteiger partial charge in [-0.15, -0.1) is 0 Å². The number of carbonyl (C=O) groups is 1. The molecule has 0 aliphatic rings. The van der Waals surface area contributed by atoms with Crippen LogP contribution < -0.4 is 0 Å². The van der Waals surface area contributed by atoms with Gasteiger partial charge in [-0.1, -0.05) is 6.92 Å². The highest BCUT2D eigenvalue weighted by Crippen LogP contribution is 2.09. The third-order valence-corrected chi connectivity index (χ3v) is 2.70. The number of thioether (sulfide) groups is 1. The van der Waals surface area contributed by atoms with E-state index in [2.05, 4.69) is 0 Å². The predicted octanol–water partition coefficient (Wildman–Crippen LogP) is 1.19. The monoisotopic (exact) mass is 221 g/mol. The number of carbonyl (C=O) groups excluding carboxylic acids is 1. The fourth-order valence-electron chi connectivity index (χ4n) is 1.08. The van der Waals surface area contributed by atoms with Crippen LogP contribution in [0.15, 0.2) is 0 Å². The molecule has 0 rings (SSSR count). The molecule has 0 aromatic carbocycles. The van der Waals surface area contributed by atoms with Crippen LogP contribution in [-0.2, 0) is 4.74 Å². The van der Waals surface area contributed by atoms with Gasteiger partial charge in [0.05, 0.1) is 6.61 Å². The minimum atomic E-state index is -0.361. The minimum absolute atomic E-state index is 0.0683. The van der Waals surface area contributed by atoms with Crippen LogP contribution in [0.2, 0.25) is 0 Å². The Morgan fingerprint density at radius 2 is 2.29 bits per heavy atom. The van der Waals surface area contributed by atoms with Crippen molar-refractivity contribution in [3.05, 3.63) is 0 Å². The maximum Gasteiger partial charge on any atom is 0.409 e. The summed E-state index contributed by atoms with van der Waals surface area (Å²) < 4.78 is 4.81. The third-order valence-electron chi connectivity index (χ3n) is 1.98. The van der Waals surface area contributed by atoms with Crippen LogP contribution >= 0.6 is 11.8 Å². The van der Waals surface area contributed by atoms with Gasteiger partial charge in [0.25, 0.3) is 0 Å². The number of hydrogen-bond donors (Lipinski definition) is 1. The molecule has 0 radical (unpaired) electrons. The molecule has 1 amide bonds. The molecule has 0 saturated carbocycles. The van der Waals surface area contributed by atoms with Gasteiger partial charge in [0, 0.05) is 18.8 Å². The molecule has 84 valence electrons. The Hall–Kier alpha value is -0.420. The number of aliphatic hydroxyl groups excluding tert-OH is 1. The van der Waals surface area contributed by atoms with Crippen LogP contribution in [0.3, 0.4) is 0 Å². The van der Waals surface area contributed by atoms with Crippen molar-refractivity contribution in [2.24, 2.45) is 0 Å². The minimum Gasteiger partial charge on any atom is -0.447 e. The van der Waals surface area contributed by atoms with E-state index in [1.807, 2.05) is 13.2 Å². The smallest absolute Gasteiger partial charge is 0.409 e. The molecule has 1 unspecified atom stereocenters. The highest BCUT2D eigenvalue weighted by atomic mass is 32.2. The molecule has 14 heavy (non-hydrogen) atoms. The van der Waals surface area contributed by atoms with E-state index in [0.717, 1.165) is 12.2 Å². The van der Waals surface area contributed by atoms with Crippen LogP contribution in [0.4, 0.5) is 4.79 Å². The molecule has 0 bridgehead atoms. The van der Waals surface area contributed by atoms with Gasteiger partial charge in [-0.25, -0.2) is 4.79 Å². The van der Waals surface area contributed by atoms with Crippen LogP contribution in [0.1, 0.15) is 13.3 Å². The van der Waals surface area contributed by atoms with Crippen LogP contribution in [0, 0.1) is 0 Å². The summed E-state index contributed by atoms with van der Waals surface area (Å²) in [5.74, 6) is 0.904. The van der Waals surface area contributed by atoms with Crippen LogP contribution in [0.5, 0.6) is 0 Å². The van der Waals surface area contributed by atoms with E-state index in [4.69, 9.17) is 9.84 Å². The first-order valence-corrected chi connectivity index (χ1v) is 6.06. The van der Waals surface area contributed by atoms with Crippen molar-refractivity contribution in [2.75, 3.05) is 32.3 Å². The molecule has 5 heteroatoms. The average molecular weight is 221 g/mol. The van der Waals surface area contributed by atoms with Crippen molar-refractivity contribution >= 4 is 17.9 Å². The Morgan fingerprint density at radius 3 is 2.71 bits per heavy atom. The van der Waals surface area contributed by atoms with Gasteiger partial charge in [0.15, 0.2) is 0 Å². The zero-order valence-corrected chi connectivity index (χ0v) is 9.84. The van der Waals surface area contributed by atoms with E-state index in [1.165, 1.54) is 0 Å². The molecule has 0 heterocycles. The van der Waals surface area contributed by atoms with Gasteiger partial charge in [-0.3, -0.25) is 0 Å². The Morgan fingerprint density at radius 1 is 1.64 bits per heavy atom. The summed E-state index contributed by atoms with van der Waals surface area (Å²) >= 11 is 1.71. The van der Waals surface area contributed by atoms with E-state index < -0.39 is 0 Å². The SMILES string of the molecule is CCC(CSC)N(C)C(=O)OCCO. The number of ether oxygens (including phenoxy) is 1. The molecule has 0 aromatic heterocycles. The molecule has 0 spiro atoms. The molecule has 0 aliphatic carbocycles. The van der Waals surface area contributed by atoms with Crippen LogP contribution in [0.25, 0.3) is 0 Å². The van der Waals surface area contributed by atoms with Crippen molar-refractivity contribution in [2.45, 2.75) is 19.4 Å². The molecular formula is C9H19NO3S. The zero-order valence-electron chi connectivity index (χ0n) is 9.02. The second-order valence-electron chi connectivity index (χ2n) is 2.97. The summed E-state index contributed by atoms with van der Waals surface area (Å²) in [6, 6.07) is 0.205. The van der Waals surface area contributed by atoms with Crippen molar-refractivity contribution in [3.8, 4) is 0 Å². The quantitative estimate of drug-likeness (QED) is 0.732. The maximum atomic E-state index is 11.4. The lowest BCUT2D eigenvalue weighted by Gasteiger charge is -2.25. The number of amides is 1. The molecule has 0 fully saturated rings. The van der Waals surface area contributed by atoms with E-state index in [1.54, 1.807) is 23.7 Å². The second-order valence-corrected chi connectivity index (χ2v) is 3.88. The fourth-order valence-corrected chi connectivity index (χ4v) is 1.92. The average Bonchev–Trinajstić information content (AvgIpc) is 2.21. The highest BCUT2D eigenvalue weighted by molar-refractivity contribution is 7.98. The van der Waals surface area contributed by atoms with Gasteiger partial charge >= 0.3 is 6.09 Å². The van der Waals surface area contributed by atoms with Crippen molar-refractivity contribution < 1.29 is 14.6 Å². The lowest BCUT2D eigenvalue weighted by atomic mass is 10.2. The number of aliphatic hydroxyl groups is 1. The first-order valence-electron chi connectivity index (χ1n) is 4.66. The Labute approximate surface area is 89.6 Å². The van der Waals surface area contributed by atoms with E-state index >= 15 is 0 Å². The molecule has 1 atom stereocenters. The molecule has 1 N–H and O–H groups in total. The normalized spacial score (nSPS) is 12.3. The third kappa shape index (κ3) is 4.72. The molecule has 0 aliphatic heterocycles. The standard InChI is InChI=1S/C9H19NO3S/c1-4-8(7-14-3)10(2)9(12)13-6-5-11/h8,11H,4-7H2,1-3H3. The highest BCUT2D eigenvalue weighted by Gasteiger charge is 2.18. The van der Waals surface area contributed by atoms with Gasteiger partial charge in [0.1, 0.15) is 6.61 Å². The number of nitrogens with zero attached hydrogens (tertiary/aromatic N) is 1. The van der Waals surface area contributed by atoms with Crippen LogP contribution in [-0.4, -0.2) is 54.4 Å². The lowest BCUT2D eigenvalue weighted by molar-refractivity contribution is 0.0820. The zero-order chi connectivity index (χ0) is 11.0.